The van der Waals surface area contributed by atoms with Crippen LogP contribution in [0.4, 0.5) is 5.82 Å². The Morgan fingerprint density at radius 2 is 1.78 bits per heavy atom. The van der Waals surface area contributed by atoms with Gasteiger partial charge < -0.3 is 10.2 Å². The summed E-state index contributed by atoms with van der Waals surface area (Å²) in [6, 6.07) is 11.1. The van der Waals surface area contributed by atoms with Crippen LogP contribution in [0.1, 0.15) is 42.9 Å². The summed E-state index contributed by atoms with van der Waals surface area (Å²) < 4.78 is 0. The van der Waals surface area contributed by atoms with E-state index in [0.29, 0.717) is 17.6 Å². The van der Waals surface area contributed by atoms with Crippen molar-refractivity contribution < 1.29 is 4.79 Å². The van der Waals surface area contributed by atoms with Gasteiger partial charge in [0.15, 0.2) is 0 Å². The molecular formula is C18H24N4O. The van der Waals surface area contributed by atoms with E-state index >= 15 is 0 Å². The molecule has 1 aromatic heterocycles. The van der Waals surface area contributed by atoms with E-state index in [9.17, 15) is 4.79 Å². The lowest BCUT2D eigenvalue weighted by molar-refractivity contribution is -0.129. The zero-order valence-corrected chi connectivity index (χ0v) is 14.4. The topological polar surface area (TPSA) is 58.1 Å². The van der Waals surface area contributed by atoms with Gasteiger partial charge in [0.2, 0.25) is 5.91 Å². The minimum absolute atomic E-state index is 0.0152. The molecule has 1 atom stereocenters. The highest BCUT2D eigenvalue weighted by Crippen LogP contribution is 2.22. The second-order valence-corrected chi connectivity index (χ2v) is 6.10. The van der Waals surface area contributed by atoms with Gasteiger partial charge in [0.05, 0.1) is 0 Å². The normalized spacial score (nSPS) is 12.1. The summed E-state index contributed by atoms with van der Waals surface area (Å²) in [5, 5.41) is 3.27. The molecule has 0 saturated heterocycles. The Balaban J connectivity index is 2.37. The molecule has 2 rings (SSSR count). The molecule has 5 heteroatoms. The highest BCUT2D eigenvalue weighted by Gasteiger charge is 2.23. The summed E-state index contributed by atoms with van der Waals surface area (Å²) in [6.07, 6.45) is 0. The van der Waals surface area contributed by atoms with Gasteiger partial charge in [-0.3, -0.25) is 4.79 Å². The van der Waals surface area contributed by atoms with Gasteiger partial charge in [-0.15, -0.1) is 0 Å². The van der Waals surface area contributed by atoms with Gasteiger partial charge in [-0.2, -0.15) is 0 Å². The number of carbonyl (C=O) groups is 1. The van der Waals surface area contributed by atoms with Crippen molar-refractivity contribution in [1.29, 1.82) is 0 Å². The number of aryl methyl sites for hydroxylation is 1. The van der Waals surface area contributed by atoms with E-state index in [2.05, 4.69) is 29.1 Å². The van der Waals surface area contributed by atoms with Crippen LogP contribution in [-0.2, 0) is 4.79 Å². The fourth-order valence-corrected chi connectivity index (χ4v) is 2.30. The molecule has 2 aromatic rings. The van der Waals surface area contributed by atoms with Crippen molar-refractivity contribution in [3.05, 3.63) is 53.5 Å². The van der Waals surface area contributed by atoms with Crippen molar-refractivity contribution in [3.63, 3.8) is 0 Å². The molecule has 1 heterocycles. The number of amides is 1. The standard InChI is InChI=1S/C18H24N4O/c1-12(2)15-11-16(20-13(3)19-15)21-17(18(23)22(4)5)14-9-7-6-8-10-14/h6-12,17H,1-5H3,(H,19,20,21). The first kappa shape index (κ1) is 16.9. The molecule has 1 aromatic carbocycles. The molecule has 0 aliphatic rings. The van der Waals surface area contributed by atoms with Crippen molar-refractivity contribution in [2.24, 2.45) is 0 Å². The quantitative estimate of drug-likeness (QED) is 0.921. The molecule has 1 amide bonds. The molecule has 0 fully saturated rings. The Bertz CT molecular complexity index is 668. The van der Waals surface area contributed by atoms with E-state index in [4.69, 9.17) is 0 Å². The first-order chi connectivity index (χ1) is 10.9. The third-order valence-corrected chi connectivity index (χ3v) is 3.56. The van der Waals surface area contributed by atoms with Crippen LogP contribution in [0.5, 0.6) is 0 Å². The highest BCUT2D eigenvalue weighted by atomic mass is 16.2. The number of nitrogens with one attached hydrogen (secondary N) is 1. The van der Waals surface area contributed by atoms with Crippen LogP contribution >= 0.6 is 0 Å². The van der Waals surface area contributed by atoms with Crippen molar-refractivity contribution >= 4 is 11.7 Å². The summed E-state index contributed by atoms with van der Waals surface area (Å²) in [4.78, 5) is 23.0. The number of carbonyl (C=O) groups excluding carboxylic acids is 1. The average Bonchev–Trinajstić information content (AvgIpc) is 2.52. The number of hydrogen-bond donors (Lipinski definition) is 1. The molecule has 1 N–H and O–H groups in total. The SMILES string of the molecule is Cc1nc(NC(C(=O)N(C)C)c2ccccc2)cc(C(C)C)n1. The van der Waals surface area contributed by atoms with Gasteiger partial charge in [-0.05, 0) is 18.4 Å². The van der Waals surface area contributed by atoms with Crippen molar-refractivity contribution in [1.82, 2.24) is 14.9 Å². The summed E-state index contributed by atoms with van der Waals surface area (Å²) >= 11 is 0. The molecule has 0 saturated carbocycles. The van der Waals surface area contributed by atoms with Gasteiger partial charge in [0.1, 0.15) is 17.7 Å². The Labute approximate surface area is 137 Å². The summed E-state index contributed by atoms with van der Waals surface area (Å²) in [7, 11) is 3.51. The van der Waals surface area contributed by atoms with Crippen molar-refractivity contribution in [2.45, 2.75) is 32.7 Å². The van der Waals surface area contributed by atoms with Gasteiger partial charge in [-0.25, -0.2) is 9.97 Å². The second-order valence-electron chi connectivity index (χ2n) is 6.10. The molecule has 0 aliphatic carbocycles. The molecule has 5 nitrogen and oxygen atoms in total. The lowest BCUT2D eigenvalue weighted by Crippen LogP contribution is -2.32. The van der Waals surface area contributed by atoms with Crippen LogP contribution < -0.4 is 5.32 Å². The summed E-state index contributed by atoms with van der Waals surface area (Å²) in [6.45, 7) is 6.04. The van der Waals surface area contributed by atoms with Gasteiger partial charge in [-0.1, -0.05) is 44.2 Å². The van der Waals surface area contributed by atoms with Crippen LogP contribution in [-0.4, -0.2) is 34.9 Å². The van der Waals surface area contributed by atoms with E-state index < -0.39 is 6.04 Å². The Morgan fingerprint density at radius 3 is 2.35 bits per heavy atom. The van der Waals surface area contributed by atoms with Gasteiger partial charge >= 0.3 is 0 Å². The third-order valence-electron chi connectivity index (χ3n) is 3.56. The lowest BCUT2D eigenvalue weighted by Gasteiger charge is -2.23. The van der Waals surface area contributed by atoms with Crippen LogP contribution in [0.3, 0.4) is 0 Å². The molecule has 0 aliphatic heterocycles. The number of anilines is 1. The number of hydrogen-bond acceptors (Lipinski definition) is 4. The summed E-state index contributed by atoms with van der Waals surface area (Å²) in [5.41, 5.74) is 1.87. The predicted molar refractivity (Wildman–Crippen MR) is 92.4 cm³/mol. The molecule has 23 heavy (non-hydrogen) atoms. The van der Waals surface area contributed by atoms with Crippen molar-refractivity contribution in [3.8, 4) is 0 Å². The molecule has 1 unspecified atom stereocenters. The Morgan fingerprint density at radius 1 is 1.13 bits per heavy atom. The number of rotatable bonds is 5. The fourth-order valence-electron chi connectivity index (χ4n) is 2.30. The smallest absolute Gasteiger partial charge is 0.249 e. The largest absolute Gasteiger partial charge is 0.355 e. The van der Waals surface area contributed by atoms with Crippen molar-refractivity contribution in [2.75, 3.05) is 19.4 Å². The van der Waals surface area contributed by atoms with E-state index in [1.165, 1.54) is 0 Å². The Kier molecular flexibility index (Phi) is 5.32. The summed E-state index contributed by atoms with van der Waals surface area (Å²) in [5.74, 6) is 1.66. The molecular weight excluding hydrogens is 288 g/mol. The minimum Gasteiger partial charge on any atom is -0.355 e. The minimum atomic E-state index is -0.472. The maximum atomic E-state index is 12.6. The monoisotopic (exact) mass is 312 g/mol. The first-order valence-electron chi connectivity index (χ1n) is 7.76. The predicted octanol–water partition coefficient (Wildman–Crippen LogP) is 3.15. The number of benzene rings is 1. The maximum Gasteiger partial charge on any atom is 0.249 e. The van der Waals surface area contributed by atoms with Crippen LogP contribution in [0.15, 0.2) is 36.4 Å². The number of aromatic nitrogens is 2. The van der Waals surface area contributed by atoms with E-state index in [1.54, 1.807) is 19.0 Å². The molecule has 0 spiro atoms. The zero-order valence-electron chi connectivity index (χ0n) is 14.4. The maximum absolute atomic E-state index is 12.6. The second kappa shape index (κ2) is 7.22. The van der Waals surface area contributed by atoms with E-state index in [1.807, 2.05) is 43.3 Å². The first-order valence-corrected chi connectivity index (χ1v) is 7.76. The Hall–Kier alpha value is -2.43. The molecule has 122 valence electrons. The van der Waals surface area contributed by atoms with Gasteiger partial charge in [0, 0.05) is 25.9 Å². The van der Waals surface area contributed by atoms with Crippen LogP contribution in [0.25, 0.3) is 0 Å². The van der Waals surface area contributed by atoms with E-state index in [-0.39, 0.29) is 5.91 Å². The van der Waals surface area contributed by atoms with Crippen LogP contribution in [0, 0.1) is 6.92 Å². The highest BCUT2D eigenvalue weighted by molar-refractivity contribution is 5.85. The van der Waals surface area contributed by atoms with Crippen LogP contribution in [0.2, 0.25) is 0 Å². The van der Waals surface area contributed by atoms with Gasteiger partial charge in [0.25, 0.3) is 0 Å². The average molecular weight is 312 g/mol. The zero-order chi connectivity index (χ0) is 17.0. The number of nitrogens with zero attached hydrogens (tertiary/aromatic N) is 3. The molecule has 0 bridgehead atoms. The number of likely N-dealkylation sites (N-methyl/N-ethyl adjacent to an activating group) is 1. The third kappa shape index (κ3) is 4.28. The lowest BCUT2D eigenvalue weighted by atomic mass is 10.1. The molecule has 0 radical (unpaired) electrons. The van der Waals surface area contributed by atoms with E-state index in [0.717, 1.165) is 11.3 Å². The fraction of sp³-hybridized carbons (Fsp3) is 0.389.